The van der Waals surface area contributed by atoms with Crippen LogP contribution in [0.15, 0.2) is 12.3 Å². The van der Waals surface area contributed by atoms with Crippen LogP contribution < -0.4 is 11.5 Å². The average molecular weight is 194 g/mol. The Bertz CT molecular complexity index is 309. The van der Waals surface area contributed by atoms with Crippen LogP contribution in [0.5, 0.6) is 0 Å². The maximum atomic E-state index is 6.00. The van der Waals surface area contributed by atoms with Gasteiger partial charge in [-0.15, -0.1) is 0 Å². The first-order valence-electron chi connectivity index (χ1n) is 4.63. The smallest absolute Gasteiger partial charge is 0.128 e. The predicted molar refractivity (Wildman–Crippen MR) is 58.9 cm³/mol. The van der Waals surface area contributed by atoms with Crippen molar-refractivity contribution in [2.24, 2.45) is 5.73 Å². The van der Waals surface area contributed by atoms with E-state index in [0.29, 0.717) is 5.82 Å². The highest BCUT2D eigenvalue weighted by Gasteiger charge is 2.11. The Morgan fingerprint density at radius 1 is 1.50 bits per heavy atom. The van der Waals surface area contributed by atoms with Gasteiger partial charge in [0.1, 0.15) is 5.82 Å². The van der Waals surface area contributed by atoms with Gasteiger partial charge in [-0.25, -0.2) is 4.98 Å². The lowest BCUT2D eigenvalue weighted by Crippen LogP contribution is -2.27. The largest absolute Gasteiger partial charge is 0.383 e. The number of nitrogens with two attached hydrogens (primary N) is 2. The minimum atomic E-state index is -0.0719. The summed E-state index contributed by atoms with van der Waals surface area (Å²) in [7, 11) is 3.97. The molecule has 1 heterocycles. The standard InChI is InChI=1S/C10H18N4/c1-7-4-8(10(12)13-5-7)9(11)6-14(2)3/h4-5,9H,6,11H2,1-3H3,(H2,12,13). The molecule has 14 heavy (non-hydrogen) atoms. The number of anilines is 1. The average Bonchev–Trinajstić information content (AvgIpc) is 2.08. The molecule has 1 aromatic heterocycles. The van der Waals surface area contributed by atoms with Crippen molar-refractivity contribution in [3.8, 4) is 0 Å². The minimum absolute atomic E-state index is 0.0719. The summed E-state index contributed by atoms with van der Waals surface area (Å²) in [6, 6.07) is 1.92. The van der Waals surface area contributed by atoms with Crippen LogP contribution in [-0.4, -0.2) is 30.5 Å². The lowest BCUT2D eigenvalue weighted by Gasteiger charge is -2.18. The zero-order valence-electron chi connectivity index (χ0n) is 8.99. The third kappa shape index (κ3) is 2.68. The predicted octanol–water partition coefficient (Wildman–Crippen LogP) is 0.534. The van der Waals surface area contributed by atoms with Gasteiger partial charge >= 0.3 is 0 Å². The van der Waals surface area contributed by atoms with Crippen LogP contribution in [0.3, 0.4) is 0 Å². The molecule has 0 saturated heterocycles. The second kappa shape index (κ2) is 4.39. The zero-order valence-corrected chi connectivity index (χ0v) is 8.99. The van der Waals surface area contributed by atoms with Crippen LogP contribution in [0, 0.1) is 6.92 Å². The number of aryl methyl sites for hydroxylation is 1. The molecule has 0 aliphatic rings. The van der Waals surface area contributed by atoms with Gasteiger partial charge in [0.05, 0.1) is 0 Å². The van der Waals surface area contributed by atoms with E-state index in [1.807, 2.05) is 32.0 Å². The Hall–Kier alpha value is -1.13. The number of nitrogen functional groups attached to an aromatic ring is 1. The number of likely N-dealkylation sites (N-methyl/N-ethyl adjacent to an activating group) is 1. The van der Waals surface area contributed by atoms with Gasteiger partial charge in [-0.3, -0.25) is 0 Å². The lowest BCUT2D eigenvalue weighted by molar-refractivity contribution is 0.377. The van der Waals surface area contributed by atoms with E-state index in [-0.39, 0.29) is 6.04 Å². The molecule has 0 aliphatic heterocycles. The summed E-state index contributed by atoms with van der Waals surface area (Å²) >= 11 is 0. The Morgan fingerprint density at radius 3 is 2.71 bits per heavy atom. The number of hydrogen-bond acceptors (Lipinski definition) is 4. The summed E-state index contributed by atoms with van der Waals surface area (Å²) in [6.07, 6.45) is 1.75. The molecule has 0 radical (unpaired) electrons. The SMILES string of the molecule is Cc1cnc(N)c(C(N)CN(C)C)c1. The van der Waals surface area contributed by atoms with Gasteiger partial charge in [0.15, 0.2) is 0 Å². The highest BCUT2D eigenvalue weighted by molar-refractivity contribution is 5.42. The second-order valence-corrected chi connectivity index (χ2v) is 3.86. The van der Waals surface area contributed by atoms with Crippen LogP contribution >= 0.6 is 0 Å². The number of aromatic nitrogens is 1. The maximum absolute atomic E-state index is 6.00. The third-order valence-corrected chi connectivity index (χ3v) is 2.05. The zero-order chi connectivity index (χ0) is 10.7. The summed E-state index contributed by atoms with van der Waals surface area (Å²) in [5.74, 6) is 0.532. The van der Waals surface area contributed by atoms with E-state index in [2.05, 4.69) is 4.98 Å². The van der Waals surface area contributed by atoms with E-state index in [9.17, 15) is 0 Å². The van der Waals surface area contributed by atoms with Gasteiger partial charge in [0.2, 0.25) is 0 Å². The molecule has 0 spiro atoms. The van der Waals surface area contributed by atoms with Crippen LogP contribution in [-0.2, 0) is 0 Å². The molecule has 4 nitrogen and oxygen atoms in total. The fraction of sp³-hybridized carbons (Fsp3) is 0.500. The molecule has 0 fully saturated rings. The third-order valence-electron chi connectivity index (χ3n) is 2.05. The van der Waals surface area contributed by atoms with E-state index in [1.165, 1.54) is 0 Å². The van der Waals surface area contributed by atoms with Gasteiger partial charge in [0, 0.05) is 24.3 Å². The van der Waals surface area contributed by atoms with Gasteiger partial charge in [-0.1, -0.05) is 0 Å². The second-order valence-electron chi connectivity index (χ2n) is 3.86. The van der Waals surface area contributed by atoms with Crippen molar-refractivity contribution in [1.82, 2.24) is 9.88 Å². The van der Waals surface area contributed by atoms with E-state index in [1.54, 1.807) is 6.20 Å². The molecule has 1 unspecified atom stereocenters. The molecule has 0 saturated carbocycles. The fourth-order valence-electron chi connectivity index (χ4n) is 1.39. The van der Waals surface area contributed by atoms with Crippen LogP contribution in [0.25, 0.3) is 0 Å². The first-order chi connectivity index (χ1) is 6.50. The molecule has 4 N–H and O–H groups in total. The summed E-state index contributed by atoms with van der Waals surface area (Å²) < 4.78 is 0. The van der Waals surface area contributed by atoms with Crippen molar-refractivity contribution in [2.45, 2.75) is 13.0 Å². The highest BCUT2D eigenvalue weighted by atomic mass is 15.1. The topological polar surface area (TPSA) is 68.2 Å². The Kier molecular flexibility index (Phi) is 3.43. The molecule has 1 atom stereocenters. The van der Waals surface area contributed by atoms with E-state index >= 15 is 0 Å². The number of nitrogens with zero attached hydrogens (tertiary/aromatic N) is 2. The van der Waals surface area contributed by atoms with Crippen LogP contribution in [0.2, 0.25) is 0 Å². The fourth-order valence-corrected chi connectivity index (χ4v) is 1.39. The first kappa shape index (κ1) is 10.9. The summed E-state index contributed by atoms with van der Waals surface area (Å²) in [6.45, 7) is 2.76. The number of hydrogen-bond donors (Lipinski definition) is 2. The molecule has 1 aromatic rings. The first-order valence-corrected chi connectivity index (χ1v) is 4.63. The van der Waals surface area contributed by atoms with Gasteiger partial charge in [0.25, 0.3) is 0 Å². The van der Waals surface area contributed by atoms with Gasteiger partial charge < -0.3 is 16.4 Å². The summed E-state index contributed by atoms with van der Waals surface area (Å²) in [5.41, 5.74) is 13.8. The molecule has 0 amide bonds. The number of pyridine rings is 1. The summed E-state index contributed by atoms with van der Waals surface area (Å²) in [5, 5.41) is 0. The molecule has 78 valence electrons. The van der Waals surface area contributed by atoms with Gasteiger partial charge in [-0.05, 0) is 32.6 Å². The normalized spacial score (nSPS) is 13.2. The van der Waals surface area contributed by atoms with Crippen molar-refractivity contribution in [3.05, 3.63) is 23.4 Å². The molecule has 0 aliphatic carbocycles. The Balaban J connectivity index is 2.88. The summed E-state index contributed by atoms with van der Waals surface area (Å²) in [4.78, 5) is 6.12. The number of rotatable bonds is 3. The molecule has 4 heteroatoms. The minimum Gasteiger partial charge on any atom is -0.383 e. The van der Waals surface area contributed by atoms with Crippen LogP contribution in [0.4, 0.5) is 5.82 Å². The molecular formula is C10H18N4. The van der Waals surface area contributed by atoms with Gasteiger partial charge in [-0.2, -0.15) is 0 Å². The molecular weight excluding hydrogens is 176 g/mol. The monoisotopic (exact) mass is 194 g/mol. The maximum Gasteiger partial charge on any atom is 0.128 e. The van der Waals surface area contributed by atoms with E-state index in [0.717, 1.165) is 17.7 Å². The Labute approximate surface area is 84.9 Å². The highest BCUT2D eigenvalue weighted by Crippen LogP contribution is 2.17. The van der Waals surface area contributed by atoms with E-state index < -0.39 is 0 Å². The van der Waals surface area contributed by atoms with Crippen molar-refractivity contribution >= 4 is 5.82 Å². The quantitative estimate of drug-likeness (QED) is 0.736. The lowest BCUT2D eigenvalue weighted by atomic mass is 10.1. The van der Waals surface area contributed by atoms with Crippen molar-refractivity contribution < 1.29 is 0 Å². The molecule has 0 bridgehead atoms. The van der Waals surface area contributed by atoms with Crippen LogP contribution in [0.1, 0.15) is 17.2 Å². The van der Waals surface area contributed by atoms with Crippen molar-refractivity contribution in [2.75, 3.05) is 26.4 Å². The molecule has 1 rings (SSSR count). The van der Waals surface area contributed by atoms with Crippen molar-refractivity contribution in [1.29, 1.82) is 0 Å². The van der Waals surface area contributed by atoms with E-state index in [4.69, 9.17) is 11.5 Å². The molecule has 0 aromatic carbocycles. The Morgan fingerprint density at radius 2 is 2.14 bits per heavy atom. The van der Waals surface area contributed by atoms with Crippen molar-refractivity contribution in [3.63, 3.8) is 0 Å².